The molecule has 1 saturated heterocycles. The van der Waals surface area contributed by atoms with Gasteiger partial charge in [-0.15, -0.1) is 0 Å². The van der Waals surface area contributed by atoms with Gasteiger partial charge in [0.2, 0.25) is 10.0 Å². The second-order valence-electron chi connectivity index (χ2n) is 8.18. The molecule has 27 heavy (non-hydrogen) atoms. The summed E-state index contributed by atoms with van der Waals surface area (Å²) in [7, 11) is -3.27. The Hall–Kier alpha value is -1.60. The number of sulfonamides is 1. The molecule has 1 N–H and O–H groups in total. The van der Waals surface area contributed by atoms with Gasteiger partial charge in [0.1, 0.15) is 5.75 Å². The molecule has 0 spiro atoms. The Bertz CT molecular complexity index is 738. The van der Waals surface area contributed by atoms with Crippen LogP contribution in [0.3, 0.4) is 0 Å². The summed E-state index contributed by atoms with van der Waals surface area (Å²) in [5.41, 5.74) is 1.27. The number of benzene rings is 1. The summed E-state index contributed by atoms with van der Waals surface area (Å²) in [6.45, 7) is 10.8. The first kappa shape index (κ1) is 21.7. The second-order valence-corrected chi connectivity index (χ2v) is 10.2. The number of carbonyl (C=O) groups is 1. The number of amides is 1. The number of ether oxygens (including phenoxy) is 1. The largest absolute Gasteiger partial charge is 0.481 e. The highest BCUT2D eigenvalue weighted by atomic mass is 32.2. The molecule has 152 valence electrons. The maximum atomic E-state index is 12.7. The molecule has 0 bridgehead atoms. The first-order valence-corrected chi connectivity index (χ1v) is 11.2. The number of nitrogens with zero attached hydrogens (tertiary/aromatic N) is 1. The summed E-state index contributed by atoms with van der Waals surface area (Å²) in [5, 5.41) is 0. The minimum absolute atomic E-state index is 0.0432. The maximum Gasteiger partial charge on any atom is 0.263 e. The topological polar surface area (TPSA) is 75.7 Å². The third-order valence-corrected chi connectivity index (χ3v) is 6.29. The Morgan fingerprint density at radius 1 is 1.30 bits per heavy atom. The monoisotopic (exact) mass is 396 g/mol. The van der Waals surface area contributed by atoms with Gasteiger partial charge in [-0.25, -0.2) is 13.1 Å². The van der Waals surface area contributed by atoms with E-state index in [2.05, 4.69) is 25.5 Å². The highest BCUT2D eigenvalue weighted by Gasteiger charge is 2.29. The third-order valence-electron chi connectivity index (χ3n) is 4.84. The van der Waals surface area contributed by atoms with Crippen LogP contribution in [0.1, 0.15) is 53.0 Å². The molecule has 0 radical (unpaired) electrons. The second kappa shape index (κ2) is 8.61. The van der Waals surface area contributed by atoms with Crippen molar-refractivity contribution in [2.75, 3.05) is 18.8 Å². The molecular formula is C20H32N2O4S. The molecule has 1 aromatic carbocycles. The summed E-state index contributed by atoms with van der Waals surface area (Å²) >= 11 is 0. The van der Waals surface area contributed by atoms with Crippen LogP contribution in [-0.2, 0) is 20.2 Å². The van der Waals surface area contributed by atoms with Crippen molar-refractivity contribution < 1.29 is 17.9 Å². The Labute approximate surface area is 163 Å². The molecule has 2 rings (SSSR count). The minimum Gasteiger partial charge on any atom is -0.481 e. The first-order valence-electron chi connectivity index (χ1n) is 9.58. The van der Waals surface area contributed by atoms with Gasteiger partial charge in [-0.3, -0.25) is 4.79 Å². The molecular weight excluding hydrogens is 364 g/mol. The molecule has 1 amide bonds. The van der Waals surface area contributed by atoms with Gasteiger partial charge in [0.25, 0.3) is 5.91 Å². The van der Waals surface area contributed by atoms with Crippen molar-refractivity contribution in [3.05, 3.63) is 29.8 Å². The highest BCUT2D eigenvalue weighted by Crippen LogP contribution is 2.25. The van der Waals surface area contributed by atoms with E-state index >= 15 is 0 Å². The van der Waals surface area contributed by atoms with Crippen LogP contribution in [0, 0.1) is 0 Å². The van der Waals surface area contributed by atoms with E-state index in [4.69, 9.17) is 4.74 Å². The summed E-state index contributed by atoms with van der Waals surface area (Å²) in [4.78, 5) is 14.4. The van der Waals surface area contributed by atoms with Crippen LogP contribution in [0.2, 0.25) is 0 Å². The molecule has 2 atom stereocenters. The van der Waals surface area contributed by atoms with Crippen LogP contribution >= 0.6 is 0 Å². The average molecular weight is 397 g/mol. The zero-order valence-electron chi connectivity index (χ0n) is 17.0. The van der Waals surface area contributed by atoms with Gasteiger partial charge >= 0.3 is 0 Å². The van der Waals surface area contributed by atoms with Gasteiger partial charge in [0.05, 0.1) is 5.75 Å². The number of likely N-dealkylation sites (tertiary alicyclic amines) is 1. The first-order chi connectivity index (χ1) is 12.5. The van der Waals surface area contributed by atoms with E-state index in [0.717, 1.165) is 12.8 Å². The van der Waals surface area contributed by atoms with Gasteiger partial charge in [-0.1, -0.05) is 32.9 Å². The molecule has 1 heterocycles. The van der Waals surface area contributed by atoms with Crippen molar-refractivity contribution in [3.8, 4) is 5.75 Å². The maximum absolute atomic E-state index is 12.7. The smallest absolute Gasteiger partial charge is 0.263 e. The number of hydrogen-bond donors (Lipinski definition) is 1. The van der Waals surface area contributed by atoms with Crippen molar-refractivity contribution in [2.24, 2.45) is 0 Å². The zero-order valence-corrected chi connectivity index (χ0v) is 17.8. The number of piperidine rings is 1. The van der Waals surface area contributed by atoms with Gasteiger partial charge in [-0.05, 0) is 49.8 Å². The summed E-state index contributed by atoms with van der Waals surface area (Å²) < 4.78 is 32.1. The Balaban J connectivity index is 1.96. The fourth-order valence-corrected chi connectivity index (χ4v) is 4.02. The van der Waals surface area contributed by atoms with Gasteiger partial charge in [0, 0.05) is 19.1 Å². The van der Waals surface area contributed by atoms with Crippen LogP contribution in [0.4, 0.5) is 0 Å². The van der Waals surface area contributed by atoms with Gasteiger partial charge in [-0.2, -0.15) is 0 Å². The predicted octanol–water partition coefficient (Wildman–Crippen LogP) is 2.68. The van der Waals surface area contributed by atoms with E-state index in [1.54, 1.807) is 18.7 Å². The molecule has 7 heteroatoms. The van der Waals surface area contributed by atoms with Gasteiger partial charge in [0.15, 0.2) is 6.10 Å². The van der Waals surface area contributed by atoms with Gasteiger partial charge < -0.3 is 9.64 Å². The molecule has 1 aliphatic heterocycles. The third kappa shape index (κ3) is 6.21. The number of nitrogens with one attached hydrogen (secondary N) is 1. The Morgan fingerprint density at radius 3 is 2.48 bits per heavy atom. The zero-order chi connectivity index (χ0) is 20.2. The van der Waals surface area contributed by atoms with Crippen molar-refractivity contribution in [1.29, 1.82) is 0 Å². The van der Waals surface area contributed by atoms with Crippen LogP contribution in [0.15, 0.2) is 24.3 Å². The standard InChI is InChI=1S/C20H32N2O4S/c1-6-27(24,25)21-17-8-7-13-22(14-17)19(23)15(2)26-18-11-9-16(10-12-18)20(3,4)5/h9-12,15,17,21H,6-8,13-14H2,1-5H3/t15-,17+/m0/s1. The van der Waals surface area contributed by atoms with Crippen LogP contribution in [0.25, 0.3) is 0 Å². The van der Waals surface area contributed by atoms with Crippen molar-refractivity contribution in [3.63, 3.8) is 0 Å². The normalized spacial score (nSPS) is 19.6. The molecule has 0 saturated carbocycles. The predicted molar refractivity (Wildman–Crippen MR) is 107 cm³/mol. The van der Waals surface area contributed by atoms with E-state index < -0.39 is 16.1 Å². The average Bonchev–Trinajstić information content (AvgIpc) is 2.60. The van der Waals surface area contributed by atoms with Crippen molar-refractivity contribution in [2.45, 2.75) is 65.0 Å². The SMILES string of the molecule is CCS(=O)(=O)N[C@@H]1CCCN(C(=O)[C@H](C)Oc2ccc(C(C)(C)C)cc2)C1. The lowest BCUT2D eigenvalue weighted by atomic mass is 9.87. The lowest BCUT2D eigenvalue weighted by Crippen LogP contribution is -2.52. The summed E-state index contributed by atoms with van der Waals surface area (Å²) in [6, 6.07) is 7.58. The molecule has 0 aliphatic carbocycles. The van der Waals surface area contributed by atoms with E-state index in [1.807, 2.05) is 24.3 Å². The van der Waals surface area contributed by atoms with Crippen LogP contribution < -0.4 is 9.46 Å². The fraction of sp³-hybridized carbons (Fsp3) is 0.650. The molecule has 0 aromatic heterocycles. The molecule has 6 nitrogen and oxygen atoms in total. The lowest BCUT2D eigenvalue weighted by molar-refractivity contribution is -0.139. The number of rotatable bonds is 6. The Morgan fingerprint density at radius 2 is 1.93 bits per heavy atom. The number of carbonyl (C=O) groups excluding carboxylic acids is 1. The Kier molecular flexibility index (Phi) is 6.92. The molecule has 0 unspecified atom stereocenters. The number of hydrogen-bond acceptors (Lipinski definition) is 4. The summed E-state index contributed by atoms with van der Waals surface area (Å²) in [5.74, 6) is 0.584. The highest BCUT2D eigenvalue weighted by molar-refractivity contribution is 7.89. The summed E-state index contributed by atoms with van der Waals surface area (Å²) in [6.07, 6.45) is 0.898. The molecule has 1 aromatic rings. The van der Waals surface area contributed by atoms with E-state index in [9.17, 15) is 13.2 Å². The van der Waals surface area contributed by atoms with E-state index in [0.29, 0.717) is 18.8 Å². The van der Waals surface area contributed by atoms with Crippen molar-refractivity contribution >= 4 is 15.9 Å². The van der Waals surface area contributed by atoms with Crippen LogP contribution in [0.5, 0.6) is 5.75 Å². The molecule has 1 aliphatic rings. The van der Waals surface area contributed by atoms with Crippen molar-refractivity contribution in [1.82, 2.24) is 9.62 Å². The molecule has 1 fully saturated rings. The van der Waals surface area contributed by atoms with Crippen LogP contribution in [-0.4, -0.2) is 50.2 Å². The lowest BCUT2D eigenvalue weighted by Gasteiger charge is -2.34. The van der Waals surface area contributed by atoms with E-state index in [1.165, 1.54) is 5.56 Å². The quantitative estimate of drug-likeness (QED) is 0.802. The minimum atomic E-state index is -3.27. The fourth-order valence-electron chi connectivity index (χ4n) is 3.16. The van der Waals surface area contributed by atoms with E-state index in [-0.39, 0.29) is 23.1 Å².